The molecule has 1 N–H and O–H groups in total. The zero-order valence-corrected chi connectivity index (χ0v) is 17.2. The second-order valence-corrected chi connectivity index (χ2v) is 6.66. The first-order chi connectivity index (χ1) is 12.5. The fourth-order valence-corrected chi connectivity index (χ4v) is 2.52. The van der Waals surface area contributed by atoms with E-state index in [0.717, 1.165) is 56.6 Å². The first-order valence-electron chi connectivity index (χ1n) is 9.22. The molecule has 6 heteroatoms. The van der Waals surface area contributed by atoms with Crippen LogP contribution in [0.15, 0.2) is 23.2 Å². The Morgan fingerprint density at radius 1 is 1.19 bits per heavy atom. The Morgan fingerprint density at radius 2 is 1.92 bits per heavy atom. The summed E-state index contributed by atoms with van der Waals surface area (Å²) in [6.45, 7) is 7.63. The van der Waals surface area contributed by atoms with Crippen LogP contribution in [0, 0.1) is 5.92 Å². The van der Waals surface area contributed by atoms with Gasteiger partial charge in [0, 0.05) is 40.4 Å². The quantitative estimate of drug-likeness (QED) is 0.371. The van der Waals surface area contributed by atoms with Gasteiger partial charge in [-0.25, -0.2) is 0 Å². The van der Waals surface area contributed by atoms with Gasteiger partial charge in [0.2, 0.25) is 0 Å². The molecule has 0 aliphatic rings. The maximum Gasteiger partial charge on any atom is 0.193 e. The zero-order valence-electron chi connectivity index (χ0n) is 17.2. The SMILES string of the molecule is CN=C(NCCCOCC(C)C)N(C)CCc1ccc(OC)c(OC)c1. The number of guanidine groups is 1. The average Bonchev–Trinajstić information content (AvgIpc) is 2.65. The fraction of sp³-hybridized carbons (Fsp3) is 0.650. The van der Waals surface area contributed by atoms with Gasteiger partial charge < -0.3 is 24.4 Å². The maximum absolute atomic E-state index is 5.60. The summed E-state index contributed by atoms with van der Waals surface area (Å²) in [6, 6.07) is 6.03. The molecule has 1 aromatic rings. The lowest BCUT2D eigenvalue weighted by Gasteiger charge is -2.22. The first kappa shape index (κ1) is 22.1. The number of methoxy groups -OCH3 is 2. The van der Waals surface area contributed by atoms with Crippen LogP contribution in [-0.2, 0) is 11.2 Å². The van der Waals surface area contributed by atoms with Gasteiger partial charge >= 0.3 is 0 Å². The van der Waals surface area contributed by atoms with Crippen LogP contribution >= 0.6 is 0 Å². The Labute approximate surface area is 158 Å². The van der Waals surface area contributed by atoms with E-state index in [2.05, 4.69) is 35.1 Å². The minimum absolute atomic E-state index is 0.582. The van der Waals surface area contributed by atoms with Gasteiger partial charge in [0.1, 0.15) is 0 Å². The third-order valence-corrected chi connectivity index (χ3v) is 3.96. The van der Waals surface area contributed by atoms with Crippen LogP contribution in [0.1, 0.15) is 25.8 Å². The summed E-state index contributed by atoms with van der Waals surface area (Å²) in [4.78, 5) is 6.48. The predicted octanol–water partition coefficient (Wildman–Crippen LogP) is 2.82. The zero-order chi connectivity index (χ0) is 19.4. The predicted molar refractivity (Wildman–Crippen MR) is 108 cm³/mol. The summed E-state index contributed by atoms with van der Waals surface area (Å²) >= 11 is 0. The van der Waals surface area contributed by atoms with Crippen molar-refractivity contribution in [2.75, 3.05) is 54.6 Å². The number of likely N-dealkylation sites (N-methyl/N-ethyl adjacent to an activating group) is 1. The van der Waals surface area contributed by atoms with E-state index in [1.807, 2.05) is 26.2 Å². The summed E-state index contributed by atoms with van der Waals surface area (Å²) in [7, 11) is 7.16. The number of benzene rings is 1. The number of nitrogens with zero attached hydrogens (tertiary/aromatic N) is 2. The van der Waals surface area contributed by atoms with Gasteiger partial charge in [-0.3, -0.25) is 4.99 Å². The van der Waals surface area contributed by atoms with Gasteiger partial charge in [-0.2, -0.15) is 0 Å². The van der Waals surface area contributed by atoms with Crippen molar-refractivity contribution in [2.45, 2.75) is 26.7 Å². The van der Waals surface area contributed by atoms with E-state index >= 15 is 0 Å². The molecule has 0 aromatic heterocycles. The Kier molecular flexibility index (Phi) is 10.5. The topological polar surface area (TPSA) is 55.3 Å². The summed E-state index contributed by atoms with van der Waals surface area (Å²) < 4.78 is 16.3. The third kappa shape index (κ3) is 7.95. The largest absolute Gasteiger partial charge is 0.493 e. The van der Waals surface area contributed by atoms with E-state index in [0.29, 0.717) is 5.92 Å². The molecule has 0 bridgehead atoms. The minimum Gasteiger partial charge on any atom is -0.493 e. The van der Waals surface area contributed by atoms with Crippen molar-refractivity contribution in [3.05, 3.63) is 23.8 Å². The van der Waals surface area contributed by atoms with Crippen molar-refractivity contribution in [1.82, 2.24) is 10.2 Å². The van der Waals surface area contributed by atoms with Gasteiger partial charge in [0.25, 0.3) is 0 Å². The molecular weight excluding hydrogens is 330 g/mol. The second-order valence-electron chi connectivity index (χ2n) is 6.66. The molecule has 0 atom stereocenters. The number of hydrogen-bond donors (Lipinski definition) is 1. The van der Waals surface area contributed by atoms with Crippen molar-refractivity contribution in [2.24, 2.45) is 10.9 Å². The molecule has 0 radical (unpaired) electrons. The molecule has 148 valence electrons. The molecule has 0 saturated heterocycles. The van der Waals surface area contributed by atoms with E-state index in [9.17, 15) is 0 Å². The maximum atomic E-state index is 5.60. The molecule has 0 aliphatic heterocycles. The molecule has 1 aromatic carbocycles. The van der Waals surface area contributed by atoms with Crippen LogP contribution < -0.4 is 14.8 Å². The van der Waals surface area contributed by atoms with Gasteiger partial charge in [0.05, 0.1) is 14.2 Å². The van der Waals surface area contributed by atoms with Crippen molar-refractivity contribution in [3.8, 4) is 11.5 Å². The molecule has 0 spiro atoms. The summed E-state index contributed by atoms with van der Waals surface area (Å²) in [5, 5.41) is 3.39. The van der Waals surface area contributed by atoms with Gasteiger partial charge in [0.15, 0.2) is 17.5 Å². The van der Waals surface area contributed by atoms with Crippen LogP contribution in [0.4, 0.5) is 0 Å². The van der Waals surface area contributed by atoms with E-state index in [1.165, 1.54) is 5.56 Å². The third-order valence-electron chi connectivity index (χ3n) is 3.96. The lowest BCUT2D eigenvalue weighted by atomic mass is 10.1. The number of nitrogens with one attached hydrogen (secondary N) is 1. The van der Waals surface area contributed by atoms with E-state index < -0.39 is 0 Å². The number of rotatable bonds is 11. The summed E-state index contributed by atoms with van der Waals surface area (Å²) in [5.41, 5.74) is 1.20. The molecule has 1 rings (SSSR count). The lowest BCUT2D eigenvalue weighted by Crippen LogP contribution is -2.40. The van der Waals surface area contributed by atoms with Crippen LogP contribution in [0.3, 0.4) is 0 Å². The first-order valence-corrected chi connectivity index (χ1v) is 9.22. The molecule has 0 heterocycles. The number of aliphatic imine (C=N–C) groups is 1. The molecule has 0 amide bonds. The highest BCUT2D eigenvalue weighted by Crippen LogP contribution is 2.27. The van der Waals surface area contributed by atoms with Crippen LogP contribution in [0.5, 0.6) is 11.5 Å². The van der Waals surface area contributed by atoms with Crippen molar-refractivity contribution in [3.63, 3.8) is 0 Å². The molecule has 6 nitrogen and oxygen atoms in total. The normalized spacial score (nSPS) is 11.6. The summed E-state index contributed by atoms with van der Waals surface area (Å²) in [6.07, 6.45) is 1.87. The molecule has 0 saturated carbocycles. The van der Waals surface area contributed by atoms with E-state index in [4.69, 9.17) is 14.2 Å². The molecule has 0 aliphatic carbocycles. The molecular formula is C20H35N3O3. The highest BCUT2D eigenvalue weighted by molar-refractivity contribution is 5.79. The fourth-order valence-electron chi connectivity index (χ4n) is 2.52. The monoisotopic (exact) mass is 365 g/mol. The summed E-state index contributed by atoms with van der Waals surface area (Å²) in [5.74, 6) is 2.99. The van der Waals surface area contributed by atoms with Crippen molar-refractivity contribution in [1.29, 1.82) is 0 Å². The van der Waals surface area contributed by atoms with Crippen LogP contribution in [0.2, 0.25) is 0 Å². The molecule has 0 unspecified atom stereocenters. The standard InChI is InChI=1S/C20H35N3O3/c1-16(2)15-26-13-7-11-22-20(21-3)23(4)12-10-17-8-9-18(24-5)19(14-17)25-6/h8-9,14,16H,7,10-13,15H2,1-6H3,(H,21,22). The number of ether oxygens (including phenoxy) is 3. The Morgan fingerprint density at radius 3 is 2.54 bits per heavy atom. The highest BCUT2D eigenvalue weighted by atomic mass is 16.5. The number of hydrogen-bond acceptors (Lipinski definition) is 4. The van der Waals surface area contributed by atoms with E-state index in [1.54, 1.807) is 14.2 Å². The smallest absolute Gasteiger partial charge is 0.193 e. The van der Waals surface area contributed by atoms with Gasteiger partial charge in [-0.1, -0.05) is 19.9 Å². The van der Waals surface area contributed by atoms with Crippen molar-refractivity contribution < 1.29 is 14.2 Å². The Hall–Kier alpha value is -1.95. The van der Waals surface area contributed by atoms with Gasteiger partial charge in [-0.15, -0.1) is 0 Å². The Balaban J connectivity index is 2.39. The minimum atomic E-state index is 0.582. The Bertz CT molecular complexity index is 547. The van der Waals surface area contributed by atoms with E-state index in [-0.39, 0.29) is 0 Å². The molecule has 26 heavy (non-hydrogen) atoms. The highest BCUT2D eigenvalue weighted by Gasteiger charge is 2.08. The average molecular weight is 366 g/mol. The molecule has 0 fully saturated rings. The van der Waals surface area contributed by atoms with Crippen LogP contribution in [0.25, 0.3) is 0 Å². The van der Waals surface area contributed by atoms with Crippen molar-refractivity contribution >= 4 is 5.96 Å². The van der Waals surface area contributed by atoms with Gasteiger partial charge in [-0.05, 0) is 36.5 Å². The van der Waals surface area contributed by atoms with Crippen LogP contribution in [-0.4, -0.2) is 65.5 Å². The lowest BCUT2D eigenvalue weighted by molar-refractivity contribution is 0.108. The second kappa shape index (κ2) is 12.4.